The van der Waals surface area contributed by atoms with Crippen molar-refractivity contribution in [3.05, 3.63) is 59.2 Å². The molecule has 6 nitrogen and oxygen atoms in total. The lowest BCUT2D eigenvalue weighted by atomic mass is 10.1. The third-order valence-electron chi connectivity index (χ3n) is 4.86. The van der Waals surface area contributed by atoms with Crippen molar-refractivity contribution in [2.45, 2.75) is 26.4 Å². The normalized spacial score (nSPS) is 16.8. The number of aliphatic carboxylic acids is 1. The molecule has 1 atom stereocenters. The highest BCUT2D eigenvalue weighted by Crippen LogP contribution is 2.26. The van der Waals surface area contributed by atoms with Crippen LogP contribution in [0, 0.1) is 13.8 Å². The highest BCUT2D eigenvalue weighted by Gasteiger charge is 2.27. The first-order valence-corrected chi connectivity index (χ1v) is 9.00. The number of carboxylic acids is 1. The number of rotatable bonds is 5. The van der Waals surface area contributed by atoms with E-state index >= 15 is 0 Å². The van der Waals surface area contributed by atoms with E-state index in [1.807, 2.05) is 50.2 Å². The molecule has 1 aliphatic rings. The Bertz CT molecular complexity index is 850. The van der Waals surface area contributed by atoms with E-state index in [-0.39, 0.29) is 18.9 Å². The molecular weight excluding hydrogens is 344 g/mol. The quantitative estimate of drug-likeness (QED) is 0.846. The van der Waals surface area contributed by atoms with Crippen LogP contribution in [0.1, 0.15) is 27.9 Å². The summed E-state index contributed by atoms with van der Waals surface area (Å²) >= 11 is 0. The number of hydrogen-bond acceptors (Lipinski definition) is 4. The molecule has 27 heavy (non-hydrogen) atoms. The van der Waals surface area contributed by atoms with Gasteiger partial charge in [-0.25, -0.2) is 0 Å². The monoisotopic (exact) mass is 368 g/mol. The fraction of sp³-hybridized carbons (Fsp3) is 0.333. The lowest BCUT2D eigenvalue weighted by Gasteiger charge is -2.32. The molecule has 2 N–H and O–H groups in total. The van der Waals surface area contributed by atoms with Crippen LogP contribution in [0.4, 0.5) is 11.4 Å². The number of nitrogens with one attached hydrogen (secondary N) is 1. The average molecular weight is 368 g/mol. The number of carbonyl (C=O) groups is 2. The van der Waals surface area contributed by atoms with Gasteiger partial charge < -0.3 is 20.1 Å². The SMILES string of the molecule is Cc1cccc(Nc2ccccc2C(=O)N2CCOC(CC(=O)O)C2)c1C. The van der Waals surface area contributed by atoms with E-state index in [0.29, 0.717) is 18.7 Å². The summed E-state index contributed by atoms with van der Waals surface area (Å²) in [6.45, 7) is 5.17. The van der Waals surface area contributed by atoms with Crippen LogP contribution >= 0.6 is 0 Å². The molecule has 0 aliphatic carbocycles. The van der Waals surface area contributed by atoms with E-state index < -0.39 is 12.1 Å². The molecule has 6 heteroatoms. The van der Waals surface area contributed by atoms with Crippen LogP contribution in [0.25, 0.3) is 0 Å². The molecule has 2 aromatic carbocycles. The largest absolute Gasteiger partial charge is 0.481 e. The van der Waals surface area contributed by atoms with Gasteiger partial charge in [-0.1, -0.05) is 24.3 Å². The summed E-state index contributed by atoms with van der Waals surface area (Å²) in [4.78, 5) is 25.7. The van der Waals surface area contributed by atoms with Gasteiger partial charge in [0.25, 0.3) is 5.91 Å². The van der Waals surface area contributed by atoms with Crippen molar-refractivity contribution in [1.29, 1.82) is 0 Å². The van der Waals surface area contributed by atoms with Crippen LogP contribution < -0.4 is 5.32 Å². The minimum atomic E-state index is -0.925. The van der Waals surface area contributed by atoms with Gasteiger partial charge in [-0.2, -0.15) is 0 Å². The fourth-order valence-electron chi connectivity index (χ4n) is 3.20. The summed E-state index contributed by atoms with van der Waals surface area (Å²) in [6, 6.07) is 13.4. The topological polar surface area (TPSA) is 78.9 Å². The molecule has 0 saturated carbocycles. The molecule has 1 fully saturated rings. The number of hydrogen-bond donors (Lipinski definition) is 2. The first-order chi connectivity index (χ1) is 13.0. The van der Waals surface area contributed by atoms with Gasteiger partial charge in [0.1, 0.15) is 0 Å². The number of ether oxygens (including phenoxy) is 1. The van der Waals surface area contributed by atoms with E-state index in [0.717, 1.165) is 16.9 Å². The molecule has 1 amide bonds. The van der Waals surface area contributed by atoms with Crippen LogP contribution in [0.5, 0.6) is 0 Å². The maximum atomic E-state index is 13.1. The molecule has 1 aliphatic heterocycles. The van der Waals surface area contributed by atoms with Crippen LogP contribution in [0.3, 0.4) is 0 Å². The number of para-hydroxylation sites is 1. The number of nitrogens with zero attached hydrogens (tertiary/aromatic N) is 1. The molecule has 0 bridgehead atoms. The molecule has 2 aromatic rings. The molecule has 142 valence electrons. The number of morpholine rings is 1. The van der Waals surface area contributed by atoms with Crippen LogP contribution in [0.15, 0.2) is 42.5 Å². The molecule has 1 unspecified atom stereocenters. The van der Waals surface area contributed by atoms with Gasteiger partial charge in [0.2, 0.25) is 0 Å². The van der Waals surface area contributed by atoms with Crippen molar-refractivity contribution in [1.82, 2.24) is 4.90 Å². The van der Waals surface area contributed by atoms with Crippen molar-refractivity contribution in [2.24, 2.45) is 0 Å². The zero-order valence-electron chi connectivity index (χ0n) is 15.6. The summed E-state index contributed by atoms with van der Waals surface area (Å²) in [6.07, 6.45) is -0.578. The van der Waals surface area contributed by atoms with E-state index in [1.165, 1.54) is 5.56 Å². The van der Waals surface area contributed by atoms with Crippen molar-refractivity contribution >= 4 is 23.3 Å². The van der Waals surface area contributed by atoms with Gasteiger partial charge >= 0.3 is 5.97 Å². The van der Waals surface area contributed by atoms with Gasteiger partial charge in [0.05, 0.1) is 30.4 Å². The van der Waals surface area contributed by atoms with Crippen LogP contribution in [-0.2, 0) is 9.53 Å². The second-order valence-electron chi connectivity index (χ2n) is 6.76. The van der Waals surface area contributed by atoms with Gasteiger partial charge in [-0.15, -0.1) is 0 Å². The molecule has 0 aromatic heterocycles. The van der Waals surface area contributed by atoms with Gasteiger partial charge in [-0.05, 0) is 43.2 Å². The second kappa shape index (κ2) is 8.22. The maximum Gasteiger partial charge on any atom is 0.306 e. The summed E-state index contributed by atoms with van der Waals surface area (Å²) in [5.74, 6) is -1.05. The summed E-state index contributed by atoms with van der Waals surface area (Å²) < 4.78 is 5.47. The molecule has 1 saturated heterocycles. The summed E-state index contributed by atoms with van der Waals surface area (Å²) in [5.41, 5.74) is 4.56. The third-order valence-corrected chi connectivity index (χ3v) is 4.86. The first-order valence-electron chi connectivity index (χ1n) is 9.00. The van der Waals surface area contributed by atoms with E-state index in [4.69, 9.17) is 9.84 Å². The van der Waals surface area contributed by atoms with Crippen LogP contribution in [0.2, 0.25) is 0 Å². The zero-order chi connectivity index (χ0) is 19.4. The summed E-state index contributed by atoms with van der Waals surface area (Å²) in [7, 11) is 0. The second-order valence-corrected chi connectivity index (χ2v) is 6.76. The number of carbonyl (C=O) groups excluding carboxylic acids is 1. The number of amides is 1. The van der Waals surface area contributed by atoms with Crippen molar-refractivity contribution in [3.8, 4) is 0 Å². The third kappa shape index (κ3) is 4.46. The fourth-order valence-corrected chi connectivity index (χ4v) is 3.20. The Balaban J connectivity index is 1.81. The molecular formula is C21H24N2O4. The van der Waals surface area contributed by atoms with Crippen molar-refractivity contribution < 1.29 is 19.4 Å². The molecule has 0 spiro atoms. The minimum absolute atomic E-state index is 0.105. The zero-order valence-corrected chi connectivity index (χ0v) is 15.6. The Morgan fingerprint density at radius 1 is 1.15 bits per heavy atom. The van der Waals surface area contributed by atoms with Gasteiger partial charge in [-0.3, -0.25) is 9.59 Å². The van der Waals surface area contributed by atoms with E-state index in [1.54, 1.807) is 11.0 Å². The molecule has 0 radical (unpaired) electrons. The van der Waals surface area contributed by atoms with Crippen molar-refractivity contribution in [2.75, 3.05) is 25.0 Å². The predicted molar refractivity (Wildman–Crippen MR) is 104 cm³/mol. The smallest absolute Gasteiger partial charge is 0.306 e. The Morgan fingerprint density at radius 3 is 2.67 bits per heavy atom. The van der Waals surface area contributed by atoms with Crippen LogP contribution in [-0.4, -0.2) is 47.7 Å². The number of benzene rings is 2. The maximum absolute atomic E-state index is 13.1. The molecule has 3 rings (SSSR count). The van der Waals surface area contributed by atoms with E-state index in [9.17, 15) is 9.59 Å². The number of anilines is 2. The highest BCUT2D eigenvalue weighted by molar-refractivity contribution is 6.00. The standard InChI is InChI=1S/C21H24N2O4/c1-14-6-5-9-18(15(14)2)22-19-8-4-3-7-17(19)21(26)23-10-11-27-16(13-23)12-20(24)25/h3-9,16,22H,10-13H2,1-2H3,(H,24,25). The molecule has 1 heterocycles. The van der Waals surface area contributed by atoms with Crippen molar-refractivity contribution in [3.63, 3.8) is 0 Å². The van der Waals surface area contributed by atoms with Gasteiger partial charge in [0.15, 0.2) is 0 Å². The Hall–Kier alpha value is -2.86. The minimum Gasteiger partial charge on any atom is -0.481 e. The predicted octanol–water partition coefficient (Wildman–Crippen LogP) is 3.36. The average Bonchev–Trinajstić information content (AvgIpc) is 2.65. The Labute approximate surface area is 158 Å². The Kier molecular flexibility index (Phi) is 5.76. The number of carboxylic acid groups (broad SMARTS) is 1. The summed E-state index contributed by atoms with van der Waals surface area (Å²) in [5, 5.41) is 12.3. The number of aryl methyl sites for hydroxylation is 1. The van der Waals surface area contributed by atoms with E-state index in [2.05, 4.69) is 5.32 Å². The lowest BCUT2D eigenvalue weighted by molar-refractivity contribution is -0.141. The lowest BCUT2D eigenvalue weighted by Crippen LogP contribution is -2.46. The van der Waals surface area contributed by atoms with Gasteiger partial charge in [0, 0.05) is 18.8 Å². The first kappa shape index (κ1) is 18.9. The Morgan fingerprint density at radius 2 is 1.89 bits per heavy atom. The highest BCUT2D eigenvalue weighted by atomic mass is 16.5.